The van der Waals surface area contributed by atoms with Gasteiger partial charge in [-0.15, -0.1) is 0 Å². The van der Waals surface area contributed by atoms with Crippen LogP contribution in [0.3, 0.4) is 0 Å². The van der Waals surface area contributed by atoms with E-state index < -0.39 is 78.8 Å². The molecular weight excluding hydrogens is 514 g/mol. The number of carboxylic acids is 1. The second-order valence-electron chi connectivity index (χ2n) is 9.38. The molecule has 14 heteroatoms. The number of aldehydes is 1. The van der Waals surface area contributed by atoms with Crippen molar-refractivity contribution in [1.29, 1.82) is 0 Å². The van der Waals surface area contributed by atoms with E-state index in [0.717, 1.165) is 0 Å². The van der Waals surface area contributed by atoms with Gasteiger partial charge in [-0.2, -0.15) is 0 Å². The number of carbonyl (C=O) groups excluding carboxylic acids is 5. The monoisotopic (exact) mass is 551 g/mol. The fourth-order valence-corrected chi connectivity index (χ4v) is 3.37. The van der Waals surface area contributed by atoms with Crippen LogP contribution in [0, 0.1) is 5.92 Å². The van der Waals surface area contributed by atoms with Gasteiger partial charge in [0.25, 0.3) is 0 Å². The third kappa shape index (κ3) is 11.5. The van der Waals surface area contributed by atoms with Crippen LogP contribution in [-0.4, -0.2) is 88.0 Å². The molecule has 0 spiro atoms. The SMILES string of the molecule is CC(C)[C@H](NC(=O)[C@H](C)N)C(=O)N[C@@H](Cc1ccc(O)cc1)C(=O)N[C@@H](CCC(=O)O)C(=O)N[C@H](C=O)CO. The van der Waals surface area contributed by atoms with Gasteiger partial charge >= 0.3 is 5.97 Å². The van der Waals surface area contributed by atoms with Gasteiger partial charge in [0.15, 0.2) is 0 Å². The molecule has 14 nitrogen and oxygen atoms in total. The van der Waals surface area contributed by atoms with Gasteiger partial charge in [0, 0.05) is 12.8 Å². The number of phenolic OH excluding ortho intramolecular Hbond substituents is 1. The molecule has 1 rings (SSSR count). The van der Waals surface area contributed by atoms with Crippen LogP contribution in [0.25, 0.3) is 0 Å². The number of aromatic hydroxyl groups is 1. The fourth-order valence-electron chi connectivity index (χ4n) is 3.37. The lowest BCUT2D eigenvalue weighted by molar-refractivity contribution is -0.138. The van der Waals surface area contributed by atoms with Gasteiger partial charge in [-0.05, 0) is 37.0 Å². The Hall–Kier alpha value is -4.04. The summed E-state index contributed by atoms with van der Waals surface area (Å²) in [6, 6.07) is -0.132. The van der Waals surface area contributed by atoms with Gasteiger partial charge in [-0.3, -0.25) is 24.0 Å². The van der Waals surface area contributed by atoms with E-state index in [0.29, 0.717) is 5.56 Å². The maximum Gasteiger partial charge on any atom is 0.303 e. The van der Waals surface area contributed by atoms with Gasteiger partial charge in [0.2, 0.25) is 23.6 Å². The minimum atomic E-state index is -1.42. The number of hydrogen-bond acceptors (Lipinski definition) is 9. The third-order valence-electron chi connectivity index (χ3n) is 5.64. The molecule has 0 aliphatic heterocycles. The Balaban J connectivity index is 3.25. The van der Waals surface area contributed by atoms with Crippen LogP contribution in [-0.2, 0) is 35.2 Å². The number of nitrogens with one attached hydrogen (secondary N) is 4. The van der Waals surface area contributed by atoms with Crippen LogP contribution in [0.5, 0.6) is 5.75 Å². The van der Waals surface area contributed by atoms with E-state index in [4.69, 9.17) is 10.8 Å². The summed E-state index contributed by atoms with van der Waals surface area (Å²) >= 11 is 0. The molecule has 0 saturated carbocycles. The second kappa shape index (κ2) is 16.0. The Morgan fingerprint density at radius 3 is 1.92 bits per heavy atom. The number of aliphatic hydroxyl groups is 1. The number of hydrogen-bond donors (Lipinski definition) is 8. The van der Waals surface area contributed by atoms with Gasteiger partial charge in [-0.25, -0.2) is 0 Å². The average Bonchev–Trinajstić information content (AvgIpc) is 2.87. The molecule has 0 aliphatic rings. The van der Waals surface area contributed by atoms with Crippen molar-refractivity contribution in [3.8, 4) is 5.75 Å². The molecule has 216 valence electrons. The van der Waals surface area contributed by atoms with Crippen molar-refractivity contribution < 1.29 is 44.1 Å². The van der Waals surface area contributed by atoms with Crippen molar-refractivity contribution in [2.75, 3.05) is 6.61 Å². The van der Waals surface area contributed by atoms with Crippen LogP contribution in [0.2, 0.25) is 0 Å². The van der Waals surface area contributed by atoms with E-state index in [1.54, 1.807) is 13.8 Å². The lowest BCUT2D eigenvalue weighted by atomic mass is 10.00. The summed E-state index contributed by atoms with van der Waals surface area (Å²) in [6.07, 6.45) is -0.658. The van der Waals surface area contributed by atoms with E-state index in [1.807, 2.05) is 0 Å². The smallest absolute Gasteiger partial charge is 0.303 e. The van der Waals surface area contributed by atoms with Crippen LogP contribution >= 0.6 is 0 Å². The van der Waals surface area contributed by atoms with Gasteiger partial charge in [-0.1, -0.05) is 26.0 Å². The molecule has 1 aromatic carbocycles. The zero-order valence-electron chi connectivity index (χ0n) is 22.0. The summed E-state index contributed by atoms with van der Waals surface area (Å²) in [5, 5.41) is 37.5. The molecule has 0 saturated heterocycles. The number of aliphatic hydroxyl groups excluding tert-OH is 1. The largest absolute Gasteiger partial charge is 0.508 e. The highest BCUT2D eigenvalue weighted by molar-refractivity contribution is 5.95. The molecular formula is C25H37N5O9. The first-order chi connectivity index (χ1) is 18.3. The number of nitrogens with two attached hydrogens (primary N) is 1. The van der Waals surface area contributed by atoms with Crippen molar-refractivity contribution in [3.63, 3.8) is 0 Å². The van der Waals surface area contributed by atoms with Crippen LogP contribution in [0.4, 0.5) is 0 Å². The van der Waals surface area contributed by atoms with E-state index in [-0.39, 0.29) is 24.9 Å². The number of rotatable bonds is 16. The first-order valence-corrected chi connectivity index (χ1v) is 12.3. The molecule has 0 heterocycles. The van der Waals surface area contributed by atoms with Gasteiger partial charge in [0.05, 0.1) is 12.6 Å². The molecule has 0 unspecified atom stereocenters. The maximum atomic E-state index is 13.3. The number of phenols is 1. The summed E-state index contributed by atoms with van der Waals surface area (Å²) in [7, 11) is 0. The zero-order valence-corrected chi connectivity index (χ0v) is 22.0. The molecule has 0 aromatic heterocycles. The number of aliphatic carboxylic acids is 1. The van der Waals surface area contributed by atoms with E-state index in [2.05, 4.69) is 21.3 Å². The highest BCUT2D eigenvalue weighted by atomic mass is 16.4. The van der Waals surface area contributed by atoms with E-state index >= 15 is 0 Å². The van der Waals surface area contributed by atoms with Crippen molar-refractivity contribution in [2.24, 2.45) is 11.7 Å². The highest BCUT2D eigenvalue weighted by Gasteiger charge is 2.32. The zero-order chi connectivity index (χ0) is 29.7. The normalized spacial score (nSPS) is 14.7. The first-order valence-electron chi connectivity index (χ1n) is 12.3. The molecule has 1 aromatic rings. The Kier molecular flexibility index (Phi) is 13.6. The second-order valence-corrected chi connectivity index (χ2v) is 9.38. The minimum Gasteiger partial charge on any atom is -0.508 e. The third-order valence-corrected chi connectivity index (χ3v) is 5.64. The summed E-state index contributed by atoms with van der Waals surface area (Å²) in [6.45, 7) is 4.09. The van der Waals surface area contributed by atoms with Crippen LogP contribution in [0.15, 0.2) is 24.3 Å². The van der Waals surface area contributed by atoms with Crippen molar-refractivity contribution in [2.45, 2.75) is 70.2 Å². The summed E-state index contributed by atoms with van der Waals surface area (Å²) in [5.74, 6) is -4.70. The molecule has 0 radical (unpaired) electrons. The minimum absolute atomic E-state index is 0.0266. The molecule has 9 N–H and O–H groups in total. The molecule has 5 atom stereocenters. The first kappa shape index (κ1) is 33.0. The standard InChI is InChI=1S/C25H37N5O9/c1-13(2)21(30-22(36)14(3)26)25(39)29-19(10-15-4-6-17(33)7-5-15)24(38)28-18(8-9-20(34)35)23(37)27-16(11-31)12-32/h4-7,11,13-14,16,18-19,21,32-33H,8-10,12,26H2,1-3H3,(H,27,37)(H,28,38)(H,29,39)(H,30,36)(H,34,35)/t14-,16+,18-,19-,21-/m0/s1. The van der Waals surface area contributed by atoms with Gasteiger partial charge in [0.1, 0.15) is 36.2 Å². The highest BCUT2D eigenvalue weighted by Crippen LogP contribution is 2.13. The lowest BCUT2D eigenvalue weighted by Crippen LogP contribution is -2.59. The molecule has 0 bridgehead atoms. The number of carbonyl (C=O) groups is 6. The Labute approximate surface area is 225 Å². The molecule has 0 aliphatic carbocycles. The average molecular weight is 552 g/mol. The number of benzene rings is 1. The Morgan fingerprint density at radius 1 is 0.872 bits per heavy atom. The number of carboxylic acid groups (broad SMARTS) is 1. The van der Waals surface area contributed by atoms with Crippen molar-refractivity contribution in [3.05, 3.63) is 29.8 Å². The summed E-state index contributed by atoms with van der Waals surface area (Å²) in [4.78, 5) is 73.4. The maximum absolute atomic E-state index is 13.3. The molecule has 39 heavy (non-hydrogen) atoms. The Bertz CT molecular complexity index is 1010. The summed E-state index contributed by atoms with van der Waals surface area (Å²) < 4.78 is 0. The Morgan fingerprint density at radius 2 is 1.44 bits per heavy atom. The van der Waals surface area contributed by atoms with Crippen LogP contribution in [0.1, 0.15) is 39.2 Å². The van der Waals surface area contributed by atoms with Gasteiger partial charge < -0.3 is 47.1 Å². The van der Waals surface area contributed by atoms with Crippen molar-refractivity contribution in [1.82, 2.24) is 21.3 Å². The summed E-state index contributed by atoms with van der Waals surface area (Å²) in [5.41, 5.74) is 6.12. The van der Waals surface area contributed by atoms with E-state index in [9.17, 15) is 39.0 Å². The molecule has 0 fully saturated rings. The van der Waals surface area contributed by atoms with E-state index in [1.165, 1.54) is 31.2 Å². The van der Waals surface area contributed by atoms with Crippen LogP contribution < -0.4 is 27.0 Å². The number of amides is 4. The predicted octanol–water partition coefficient (Wildman–Crippen LogP) is -2.07. The molecule has 4 amide bonds. The topological polar surface area (TPSA) is 237 Å². The van der Waals surface area contributed by atoms with Crippen molar-refractivity contribution >= 4 is 35.9 Å². The quantitative estimate of drug-likeness (QED) is 0.104. The predicted molar refractivity (Wildman–Crippen MR) is 138 cm³/mol. The lowest BCUT2D eigenvalue weighted by Gasteiger charge is -2.27. The fraction of sp³-hybridized carbons (Fsp3) is 0.520.